The van der Waals surface area contributed by atoms with Gasteiger partial charge in [-0.05, 0) is 18.2 Å². The second-order valence-electron chi connectivity index (χ2n) is 5.52. The normalized spacial score (nSPS) is 10.9. The van der Waals surface area contributed by atoms with Gasteiger partial charge in [0.15, 0.2) is 5.71 Å². The lowest BCUT2D eigenvalue weighted by atomic mass is 10.0. The molecule has 1 N–H and O–H groups in total. The molecule has 27 heavy (non-hydrogen) atoms. The van der Waals surface area contributed by atoms with Gasteiger partial charge in [-0.25, -0.2) is 4.79 Å². The molecule has 0 heterocycles. The Hall–Kier alpha value is -3.44. The van der Waals surface area contributed by atoms with Crippen LogP contribution < -0.4 is 5.32 Å². The number of benzene rings is 3. The van der Waals surface area contributed by atoms with E-state index in [1.54, 1.807) is 72.8 Å². The Morgan fingerprint density at radius 3 is 2.07 bits per heavy atom. The zero-order valence-electron chi connectivity index (χ0n) is 14.1. The first-order valence-electron chi connectivity index (χ1n) is 8.10. The molecule has 0 unspecified atom stereocenters. The minimum Gasteiger partial charge on any atom is -0.297 e. The third-order valence-electron chi connectivity index (χ3n) is 3.59. The minimum absolute atomic E-state index is 0.0306. The Morgan fingerprint density at radius 2 is 1.44 bits per heavy atom. The van der Waals surface area contributed by atoms with Crippen LogP contribution in [0.25, 0.3) is 0 Å². The smallest absolute Gasteiger partial charge is 0.297 e. The second-order valence-corrected chi connectivity index (χ2v) is 5.95. The van der Waals surface area contributed by atoms with E-state index in [0.29, 0.717) is 21.8 Å². The summed E-state index contributed by atoms with van der Waals surface area (Å²) >= 11 is 5.88. The van der Waals surface area contributed by atoms with E-state index in [4.69, 9.17) is 16.4 Å². The average Bonchev–Trinajstić information content (AvgIpc) is 2.69. The van der Waals surface area contributed by atoms with Crippen molar-refractivity contribution >= 4 is 34.9 Å². The summed E-state index contributed by atoms with van der Waals surface area (Å²) in [6.45, 7) is 0. The standard InChI is InChI=1S/C21H15ClN2O3/c22-17-12-7-13-18(14-17)23-21(26)27-24-19(15-8-3-1-4-9-15)20(25)16-10-5-2-6-11-16/h1-14H,(H,23,26)/b24-19-. The van der Waals surface area contributed by atoms with Gasteiger partial charge in [-0.3, -0.25) is 14.9 Å². The van der Waals surface area contributed by atoms with Gasteiger partial charge in [0, 0.05) is 21.8 Å². The van der Waals surface area contributed by atoms with Crippen LogP contribution in [-0.2, 0) is 4.84 Å². The number of hydrogen-bond donors (Lipinski definition) is 1. The molecule has 3 aromatic carbocycles. The lowest BCUT2D eigenvalue weighted by Crippen LogP contribution is -2.19. The van der Waals surface area contributed by atoms with Crippen LogP contribution in [0.15, 0.2) is 90.1 Å². The Kier molecular flexibility index (Phi) is 5.97. The third kappa shape index (κ3) is 5.03. The predicted octanol–water partition coefficient (Wildman–Crippen LogP) is 5.18. The molecule has 0 atom stereocenters. The van der Waals surface area contributed by atoms with Gasteiger partial charge in [-0.15, -0.1) is 0 Å². The molecule has 0 aromatic heterocycles. The van der Waals surface area contributed by atoms with E-state index in [0.717, 1.165) is 0 Å². The molecule has 0 bridgehead atoms. The van der Waals surface area contributed by atoms with Crippen molar-refractivity contribution in [2.24, 2.45) is 5.16 Å². The average molecular weight is 379 g/mol. The molecule has 0 aliphatic carbocycles. The van der Waals surface area contributed by atoms with E-state index in [-0.39, 0.29) is 11.5 Å². The van der Waals surface area contributed by atoms with E-state index in [1.165, 1.54) is 0 Å². The zero-order chi connectivity index (χ0) is 19.1. The fraction of sp³-hybridized carbons (Fsp3) is 0. The van der Waals surface area contributed by atoms with Gasteiger partial charge in [0.2, 0.25) is 5.78 Å². The van der Waals surface area contributed by atoms with Crippen molar-refractivity contribution in [1.82, 2.24) is 0 Å². The maximum atomic E-state index is 12.8. The first kappa shape index (κ1) is 18.4. The van der Waals surface area contributed by atoms with Crippen molar-refractivity contribution in [3.05, 3.63) is 101 Å². The molecule has 0 aliphatic rings. The quantitative estimate of drug-likeness (QED) is 0.288. The number of nitrogens with zero attached hydrogens (tertiary/aromatic N) is 1. The van der Waals surface area contributed by atoms with Crippen LogP contribution in [0.3, 0.4) is 0 Å². The van der Waals surface area contributed by atoms with Crippen LogP contribution in [0, 0.1) is 0 Å². The van der Waals surface area contributed by atoms with Crippen molar-refractivity contribution in [3.63, 3.8) is 0 Å². The van der Waals surface area contributed by atoms with E-state index < -0.39 is 6.09 Å². The fourth-order valence-electron chi connectivity index (χ4n) is 2.34. The van der Waals surface area contributed by atoms with Gasteiger partial charge in [0.05, 0.1) is 0 Å². The molecule has 134 valence electrons. The van der Waals surface area contributed by atoms with Crippen LogP contribution in [-0.4, -0.2) is 17.6 Å². The number of Topliss-reactive ketones (excluding diaryl/α,β-unsaturated/α-hetero) is 1. The van der Waals surface area contributed by atoms with Crippen LogP contribution in [0.5, 0.6) is 0 Å². The summed E-state index contributed by atoms with van der Waals surface area (Å²) in [6, 6.07) is 24.1. The minimum atomic E-state index is -0.827. The van der Waals surface area contributed by atoms with E-state index in [1.807, 2.05) is 12.1 Å². The van der Waals surface area contributed by atoms with Gasteiger partial charge in [-0.1, -0.05) is 83.5 Å². The number of nitrogens with one attached hydrogen (secondary N) is 1. The maximum Gasteiger partial charge on any atom is 0.437 e. The monoisotopic (exact) mass is 378 g/mol. The summed E-state index contributed by atoms with van der Waals surface area (Å²) in [5, 5.41) is 6.79. The number of oxime groups is 1. The number of rotatable bonds is 5. The van der Waals surface area contributed by atoms with Crippen molar-refractivity contribution in [1.29, 1.82) is 0 Å². The molecular formula is C21H15ClN2O3. The van der Waals surface area contributed by atoms with Crippen molar-refractivity contribution in [2.45, 2.75) is 0 Å². The molecule has 0 radical (unpaired) electrons. The summed E-state index contributed by atoms with van der Waals surface area (Å²) in [5.74, 6) is -0.350. The highest BCUT2D eigenvalue weighted by atomic mass is 35.5. The van der Waals surface area contributed by atoms with Crippen molar-refractivity contribution in [3.8, 4) is 0 Å². The summed E-state index contributed by atoms with van der Waals surface area (Å²) in [6.07, 6.45) is -0.827. The molecule has 5 nitrogen and oxygen atoms in total. The Bertz CT molecular complexity index is 973. The number of anilines is 1. The predicted molar refractivity (Wildman–Crippen MR) is 105 cm³/mol. The van der Waals surface area contributed by atoms with Crippen molar-refractivity contribution < 1.29 is 14.4 Å². The molecule has 0 saturated carbocycles. The van der Waals surface area contributed by atoms with Crippen molar-refractivity contribution in [2.75, 3.05) is 5.32 Å². The van der Waals surface area contributed by atoms with E-state index in [9.17, 15) is 9.59 Å². The summed E-state index contributed by atoms with van der Waals surface area (Å²) < 4.78 is 0. The van der Waals surface area contributed by atoms with Crippen LogP contribution in [0.1, 0.15) is 15.9 Å². The third-order valence-corrected chi connectivity index (χ3v) is 3.82. The van der Waals surface area contributed by atoms with Crippen LogP contribution in [0.4, 0.5) is 10.5 Å². The van der Waals surface area contributed by atoms with Gasteiger partial charge < -0.3 is 0 Å². The molecular weight excluding hydrogens is 364 g/mol. The largest absolute Gasteiger partial charge is 0.437 e. The zero-order valence-corrected chi connectivity index (χ0v) is 14.9. The number of carbonyl (C=O) groups is 2. The highest BCUT2D eigenvalue weighted by molar-refractivity contribution is 6.51. The first-order chi connectivity index (χ1) is 13.1. The number of carbonyl (C=O) groups excluding carboxylic acids is 2. The molecule has 0 spiro atoms. The molecule has 1 amide bonds. The second kappa shape index (κ2) is 8.78. The summed E-state index contributed by atoms with van der Waals surface area (Å²) in [7, 11) is 0. The van der Waals surface area contributed by atoms with Crippen LogP contribution >= 0.6 is 11.6 Å². The Morgan fingerprint density at radius 1 is 0.815 bits per heavy atom. The van der Waals surface area contributed by atoms with Gasteiger partial charge >= 0.3 is 6.09 Å². The van der Waals surface area contributed by atoms with E-state index in [2.05, 4.69) is 10.5 Å². The fourth-order valence-corrected chi connectivity index (χ4v) is 2.53. The number of hydrogen-bond acceptors (Lipinski definition) is 4. The van der Waals surface area contributed by atoms with E-state index >= 15 is 0 Å². The molecule has 0 saturated heterocycles. The maximum absolute atomic E-state index is 12.8. The van der Waals surface area contributed by atoms with Gasteiger partial charge in [0.25, 0.3) is 0 Å². The Balaban J connectivity index is 1.82. The number of amides is 1. The summed E-state index contributed by atoms with van der Waals surface area (Å²) in [5.41, 5.74) is 1.47. The Labute approximate surface area is 161 Å². The highest BCUT2D eigenvalue weighted by Gasteiger charge is 2.18. The lowest BCUT2D eigenvalue weighted by molar-refractivity contribution is 0.106. The van der Waals surface area contributed by atoms with Gasteiger partial charge in [-0.2, -0.15) is 0 Å². The molecule has 0 aliphatic heterocycles. The number of ketones is 1. The summed E-state index contributed by atoms with van der Waals surface area (Å²) in [4.78, 5) is 29.7. The molecule has 6 heteroatoms. The highest BCUT2D eigenvalue weighted by Crippen LogP contribution is 2.15. The lowest BCUT2D eigenvalue weighted by Gasteiger charge is -2.07. The SMILES string of the molecule is O=C(Nc1cccc(Cl)c1)O/N=C(\C(=O)c1ccccc1)c1ccccc1. The number of halogens is 1. The molecule has 0 fully saturated rings. The molecule has 3 rings (SSSR count). The van der Waals surface area contributed by atoms with Gasteiger partial charge in [0.1, 0.15) is 0 Å². The first-order valence-corrected chi connectivity index (χ1v) is 8.48. The van der Waals surface area contributed by atoms with Crippen LogP contribution in [0.2, 0.25) is 5.02 Å². The topological polar surface area (TPSA) is 67.8 Å². The molecule has 3 aromatic rings.